The molecule has 0 saturated carbocycles. The average molecular weight is 361 g/mol. The van der Waals surface area contributed by atoms with Crippen LogP contribution in [0.3, 0.4) is 0 Å². The Morgan fingerprint density at radius 2 is 1.16 bits per heavy atom. The molecule has 2 nitrogen and oxygen atoms in total. The molecule has 3 heteroatoms. The fraction of sp³-hybridized carbons (Fsp3) is 0.864. The second-order valence-electron chi connectivity index (χ2n) is 7.18. The second kappa shape index (κ2) is 22.3. The number of carboxylic acid groups (broad SMARTS) is 1. The van der Waals surface area contributed by atoms with Crippen LogP contribution in [0.1, 0.15) is 117 Å². The number of hydrogen-bond acceptors (Lipinski definition) is 2. The maximum atomic E-state index is 11.1. The molecular formula is C22H41NaO2. The van der Waals surface area contributed by atoms with Gasteiger partial charge in [-0.25, -0.2) is 0 Å². The molecule has 0 aromatic carbocycles. The monoisotopic (exact) mass is 360 g/mol. The molecule has 0 aromatic heterocycles. The maximum Gasteiger partial charge on any atom is 1.00 e. The van der Waals surface area contributed by atoms with E-state index in [0.29, 0.717) is 0 Å². The van der Waals surface area contributed by atoms with E-state index in [-0.39, 0.29) is 35.5 Å². The van der Waals surface area contributed by atoms with Crippen LogP contribution in [0.15, 0.2) is 12.2 Å². The Balaban J connectivity index is 0. The molecule has 1 unspecified atom stereocenters. The predicted octanol–water partition coefficient (Wildman–Crippen LogP) is 3.19. The molecule has 0 spiro atoms. The molecule has 0 aliphatic rings. The summed E-state index contributed by atoms with van der Waals surface area (Å²) >= 11 is 0. The Labute approximate surface area is 179 Å². The summed E-state index contributed by atoms with van der Waals surface area (Å²) < 4.78 is 0. The fourth-order valence-electron chi connectivity index (χ4n) is 3.12. The van der Waals surface area contributed by atoms with E-state index in [9.17, 15) is 9.90 Å². The number of hydrogen-bond donors (Lipinski definition) is 0. The van der Waals surface area contributed by atoms with Crippen LogP contribution in [-0.4, -0.2) is 5.97 Å². The van der Waals surface area contributed by atoms with Crippen molar-refractivity contribution < 1.29 is 39.5 Å². The van der Waals surface area contributed by atoms with Crippen molar-refractivity contribution in [1.29, 1.82) is 0 Å². The van der Waals surface area contributed by atoms with Crippen LogP contribution in [-0.2, 0) is 4.79 Å². The van der Waals surface area contributed by atoms with E-state index in [1.807, 2.05) is 0 Å². The van der Waals surface area contributed by atoms with Gasteiger partial charge in [-0.3, -0.25) is 0 Å². The van der Waals surface area contributed by atoms with Gasteiger partial charge in [-0.1, -0.05) is 90.2 Å². The van der Waals surface area contributed by atoms with Gasteiger partial charge in [-0.15, -0.1) is 0 Å². The maximum absolute atomic E-state index is 11.1. The summed E-state index contributed by atoms with van der Waals surface area (Å²) in [6.45, 7) is 4.36. The second-order valence-corrected chi connectivity index (χ2v) is 7.18. The van der Waals surface area contributed by atoms with Crippen molar-refractivity contribution in [3.05, 3.63) is 12.2 Å². The molecule has 0 N–H and O–H groups in total. The molecule has 0 heterocycles. The first-order valence-corrected chi connectivity index (χ1v) is 10.6. The van der Waals surface area contributed by atoms with Crippen LogP contribution in [0.2, 0.25) is 0 Å². The van der Waals surface area contributed by atoms with Crippen LogP contribution in [0.5, 0.6) is 0 Å². The number of carboxylic acids is 1. The van der Waals surface area contributed by atoms with Crippen molar-refractivity contribution in [2.45, 2.75) is 117 Å². The number of carbonyl (C=O) groups is 1. The minimum Gasteiger partial charge on any atom is -0.550 e. The van der Waals surface area contributed by atoms with E-state index in [0.717, 1.165) is 38.5 Å². The summed E-state index contributed by atoms with van der Waals surface area (Å²) in [5, 5.41) is 11.1. The van der Waals surface area contributed by atoms with Gasteiger partial charge in [-0.05, 0) is 44.4 Å². The van der Waals surface area contributed by atoms with Crippen molar-refractivity contribution in [2.75, 3.05) is 0 Å². The van der Waals surface area contributed by atoms with E-state index in [1.165, 1.54) is 64.2 Å². The van der Waals surface area contributed by atoms with Crippen LogP contribution in [0.4, 0.5) is 0 Å². The SMILES string of the molecule is CCCCCCCC/C=C\CCCCCCC(CCCC)C(=O)[O-].[Na+]. The summed E-state index contributed by atoms with van der Waals surface area (Å²) in [5.74, 6) is -1.07. The smallest absolute Gasteiger partial charge is 0.550 e. The molecular weight excluding hydrogens is 319 g/mol. The molecule has 0 fully saturated rings. The van der Waals surface area contributed by atoms with Gasteiger partial charge in [0.15, 0.2) is 0 Å². The Kier molecular flexibility index (Phi) is 24.4. The Hall–Kier alpha value is 0.210. The van der Waals surface area contributed by atoms with Crippen molar-refractivity contribution in [2.24, 2.45) is 5.92 Å². The summed E-state index contributed by atoms with van der Waals surface area (Å²) in [6, 6.07) is 0. The quantitative estimate of drug-likeness (QED) is 0.214. The topological polar surface area (TPSA) is 40.1 Å². The van der Waals surface area contributed by atoms with Crippen molar-refractivity contribution in [1.82, 2.24) is 0 Å². The molecule has 1 atom stereocenters. The third-order valence-electron chi connectivity index (χ3n) is 4.80. The van der Waals surface area contributed by atoms with Crippen LogP contribution in [0.25, 0.3) is 0 Å². The molecule has 0 amide bonds. The minimum atomic E-state index is -0.846. The minimum absolute atomic E-state index is 0. The van der Waals surface area contributed by atoms with Gasteiger partial charge in [0.2, 0.25) is 0 Å². The molecule has 0 saturated heterocycles. The number of carbonyl (C=O) groups excluding carboxylic acids is 1. The largest absolute Gasteiger partial charge is 1.00 e. The van der Waals surface area contributed by atoms with E-state index in [2.05, 4.69) is 26.0 Å². The molecule has 0 aliphatic heterocycles. The van der Waals surface area contributed by atoms with Crippen LogP contribution < -0.4 is 34.7 Å². The summed E-state index contributed by atoms with van der Waals surface area (Å²) in [5.41, 5.74) is 0. The normalized spacial score (nSPS) is 12.2. The van der Waals surface area contributed by atoms with Gasteiger partial charge in [0.05, 0.1) is 0 Å². The third kappa shape index (κ3) is 20.4. The number of aliphatic carboxylic acids is 1. The van der Waals surface area contributed by atoms with Gasteiger partial charge < -0.3 is 9.90 Å². The Bertz CT molecular complexity index is 302. The predicted molar refractivity (Wildman–Crippen MR) is 103 cm³/mol. The van der Waals surface area contributed by atoms with Crippen molar-refractivity contribution >= 4 is 5.97 Å². The molecule has 142 valence electrons. The van der Waals surface area contributed by atoms with Crippen molar-refractivity contribution in [3.63, 3.8) is 0 Å². The van der Waals surface area contributed by atoms with E-state index < -0.39 is 5.97 Å². The van der Waals surface area contributed by atoms with Gasteiger partial charge in [-0.2, -0.15) is 0 Å². The summed E-state index contributed by atoms with van der Waals surface area (Å²) in [7, 11) is 0. The van der Waals surface area contributed by atoms with Crippen molar-refractivity contribution in [3.8, 4) is 0 Å². The van der Waals surface area contributed by atoms with Crippen LogP contribution >= 0.6 is 0 Å². The van der Waals surface area contributed by atoms with Gasteiger partial charge in [0.1, 0.15) is 0 Å². The standard InChI is InChI=1S/C22H42O2.Na/c1-3-5-7-8-9-10-11-12-13-14-15-16-17-18-20-21(22(23)24)19-6-4-2;/h12-13,21H,3-11,14-20H2,1-2H3,(H,23,24);/q;+1/p-1/b13-12-;. The number of rotatable bonds is 18. The van der Waals surface area contributed by atoms with E-state index in [1.54, 1.807) is 0 Å². The van der Waals surface area contributed by atoms with Gasteiger partial charge in [0, 0.05) is 5.97 Å². The molecule has 0 aliphatic carbocycles. The Morgan fingerprint density at radius 3 is 1.68 bits per heavy atom. The molecule has 0 radical (unpaired) electrons. The van der Waals surface area contributed by atoms with Gasteiger partial charge in [0.25, 0.3) is 0 Å². The molecule has 0 rings (SSSR count). The Morgan fingerprint density at radius 1 is 0.720 bits per heavy atom. The molecule has 0 aromatic rings. The average Bonchev–Trinajstić information content (AvgIpc) is 2.57. The third-order valence-corrected chi connectivity index (χ3v) is 4.80. The van der Waals surface area contributed by atoms with E-state index >= 15 is 0 Å². The summed E-state index contributed by atoms with van der Waals surface area (Å²) in [6.07, 6.45) is 23.6. The molecule has 0 bridgehead atoms. The first-order chi connectivity index (χ1) is 11.7. The summed E-state index contributed by atoms with van der Waals surface area (Å²) in [4.78, 5) is 11.1. The number of unbranched alkanes of at least 4 members (excludes halogenated alkanes) is 11. The zero-order chi connectivity index (χ0) is 17.9. The van der Waals surface area contributed by atoms with Gasteiger partial charge >= 0.3 is 29.6 Å². The first kappa shape index (κ1) is 27.4. The molecule has 25 heavy (non-hydrogen) atoms. The van der Waals surface area contributed by atoms with Crippen LogP contribution in [0, 0.1) is 5.92 Å². The zero-order valence-corrected chi connectivity index (χ0v) is 19.4. The fourth-order valence-corrected chi connectivity index (χ4v) is 3.12. The first-order valence-electron chi connectivity index (χ1n) is 10.6. The van der Waals surface area contributed by atoms with E-state index in [4.69, 9.17) is 0 Å². The zero-order valence-electron chi connectivity index (χ0n) is 17.4. The number of allylic oxidation sites excluding steroid dienone is 2.